The number of ether oxygens (including phenoxy) is 1. The van der Waals surface area contributed by atoms with E-state index in [4.69, 9.17) is 16.3 Å². The molecule has 0 spiro atoms. The highest BCUT2D eigenvalue weighted by molar-refractivity contribution is 7.18. The summed E-state index contributed by atoms with van der Waals surface area (Å²) in [6, 6.07) is 11.8. The normalized spacial score (nSPS) is 15.3. The molecule has 1 aliphatic rings. The van der Waals surface area contributed by atoms with Crippen LogP contribution in [-0.4, -0.2) is 36.0 Å². The van der Waals surface area contributed by atoms with E-state index in [9.17, 15) is 14.4 Å². The van der Waals surface area contributed by atoms with Gasteiger partial charge in [-0.2, -0.15) is 0 Å². The number of carbonyl (C=O) groups excluding carboxylic acids is 3. The second kappa shape index (κ2) is 7.02. The highest BCUT2D eigenvalue weighted by Gasteiger charge is 2.33. The first-order valence-electron chi connectivity index (χ1n) is 7.13. The summed E-state index contributed by atoms with van der Waals surface area (Å²) in [5.74, 6) is -0.741. The zero-order chi connectivity index (χ0) is 17.1. The van der Waals surface area contributed by atoms with Crippen LogP contribution in [0.3, 0.4) is 0 Å². The molecule has 1 atom stereocenters. The molecule has 0 unspecified atom stereocenters. The fraction of sp³-hybridized carbons (Fsp3) is 0.188. The average molecular weight is 365 g/mol. The topological polar surface area (TPSA) is 75.7 Å². The summed E-state index contributed by atoms with van der Waals surface area (Å²) in [5, 5.41) is 2.84. The van der Waals surface area contributed by atoms with Crippen molar-refractivity contribution in [2.45, 2.75) is 6.04 Å². The minimum absolute atomic E-state index is 0.00648. The first kappa shape index (κ1) is 16.5. The van der Waals surface area contributed by atoms with E-state index < -0.39 is 18.0 Å². The molecule has 1 aromatic carbocycles. The molecule has 0 bridgehead atoms. The molecule has 1 N–H and O–H groups in total. The Balaban J connectivity index is 1.81. The number of cyclic esters (lactones) is 1. The average Bonchev–Trinajstić information content (AvgIpc) is 3.15. The van der Waals surface area contributed by atoms with Gasteiger partial charge in [0.15, 0.2) is 6.61 Å². The number of imide groups is 1. The van der Waals surface area contributed by atoms with E-state index >= 15 is 0 Å². The summed E-state index contributed by atoms with van der Waals surface area (Å²) in [4.78, 5) is 37.3. The fourth-order valence-electron chi connectivity index (χ4n) is 2.33. The van der Waals surface area contributed by atoms with Crippen molar-refractivity contribution in [2.24, 2.45) is 0 Å². The van der Waals surface area contributed by atoms with Crippen molar-refractivity contribution in [1.82, 2.24) is 10.2 Å². The molecular formula is C16H13ClN2O4S. The zero-order valence-electron chi connectivity index (χ0n) is 12.4. The lowest BCUT2D eigenvalue weighted by Crippen LogP contribution is -2.40. The molecule has 2 heterocycles. The Morgan fingerprint density at radius 2 is 2.00 bits per heavy atom. The number of nitrogens with zero attached hydrogens (tertiary/aromatic N) is 1. The lowest BCUT2D eigenvalue weighted by atomic mass is 10.1. The van der Waals surface area contributed by atoms with Crippen LogP contribution in [0.25, 0.3) is 0 Å². The second-order valence-electron chi connectivity index (χ2n) is 5.10. The Kier molecular flexibility index (Phi) is 4.82. The standard InChI is InChI=1S/C16H13ClN2O4S/c17-13-7-6-12(24-13)15(21)18-11(10-4-2-1-3-5-10)8-19-14(20)9-23-16(19)22/h1-7,11H,8-9H2,(H,18,21)/t11-/m1/s1. The Hall–Kier alpha value is -2.38. The Morgan fingerprint density at radius 3 is 2.58 bits per heavy atom. The number of hydrogen-bond donors (Lipinski definition) is 1. The summed E-state index contributed by atoms with van der Waals surface area (Å²) in [7, 11) is 0. The molecule has 3 amide bonds. The number of amides is 3. The molecule has 3 rings (SSSR count). The molecule has 0 aliphatic carbocycles. The Bertz CT molecular complexity index is 761. The van der Waals surface area contributed by atoms with Gasteiger partial charge in [-0.1, -0.05) is 41.9 Å². The maximum Gasteiger partial charge on any atom is 0.417 e. The van der Waals surface area contributed by atoms with Crippen LogP contribution >= 0.6 is 22.9 Å². The maximum atomic E-state index is 12.4. The molecule has 0 saturated carbocycles. The van der Waals surface area contributed by atoms with Gasteiger partial charge < -0.3 is 10.1 Å². The van der Waals surface area contributed by atoms with Crippen LogP contribution in [0.4, 0.5) is 4.79 Å². The van der Waals surface area contributed by atoms with E-state index in [2.05, 4.69) is 5.32 Å². The fourth-order valence-corrected chi connectivity index (χ4v) is 3.27. The van der Waals surface area contributed by atoms with Gasteiger partial charge >= 0.3 is 6.09 Å². The van der Waals surface area contributed by atoms with Crippen molar-refractivity contribution >= 4 is 40.8 Å². The Labute approximate surface area is 147 Å². The van der Waals surface area contributed by atoms with Gasteiger partial charge in [0.2, 0.25) is 0 Å². The van der Waals surface area contributed by atoms with E-state index in [-0.39, 0.29) is 19.1 Å². The van der Waals surface area contributed by atoms with E-state index in [1.807, 2.05) is 30.3 Å². The van der Waals surface area contributed by atoms with Gasteiger partial charge in [0, 0.05) is 0 Å². The van der Waals surface area contributed by atoms with Crippen LogP contribution in [0.15, 0.2) is 42.5 Å². The minimum atomic E-state index is -0.700. The summed E-state index contributed by atoms with van der Waals surface area (Å²) in [5.41, 5.74) is 0.779. The molecule has 6 nitrogen and oxygen atoms in total. The van der Waals surface area contributed by atoms with Crippen LogP contribution in [0, 0.1) is 0 Å². The van der Waals surface area contributed by atoms with Gasteiger partial charge in [-0.25, -0.2) is 9.69 Å². The van der Waals surface area contributed by atoms with E-state index in [0.717, 1.165) is 21.8 Å². The van der Waals surface area contributed by atoms with Crippen molar-refractivity contribution in [1.29, 1.82) is 0 Å². The third-order valence-electron chi connectivity index (χ3n) is 3.51. The van der Waals surface area contributed by atoms with Crippen LogP contribution in [0.1, 0.15) is 21.3 Å². The van der Waals surface area contributed by atoms with Crippen LogP contribution < -0.4 is 5.32 Å². The number of nitrogens with one attached hydrogen (secondary N) is 1. The third kappa shape index (κ3) is 3.58. The number of hydrogen-bond acceptors (Lipinski definition) is 5. The van der Waals surface area contributed by atoms with Crippen molar-refractivity contribution in [2.75, 3.05) is 13.2 Å². The highest BCUT2D eigenvalue weighted by Crippen LogP contribution is 2.23. The van der Waals surface area contributed by atoms with Crippen molar-refractivity contribution < 1.29 is 19.1 Å². The van der Waals surface area contributed by atoms with Gasteiger partial charge in [-0.05, 0) is 17.7 Å². The largest absolute Gasteiger partial charge is 0.439 e. The van der Waals surface area contributed by atoms with Gasteiger partial charge in [0.25, 0.3) is 11.8 Å². The molecule has 8 heteroatoms. The number of benzene rings is 1. The quantitative estimate of drug-likeness (QED) is 0.885. The lowest BCUT2D eigenvalue weighted by molar-refractivity contribution is -0.126. The minimum Gasteiger partial charge on any atom is -0.439 e. The molecule has 1 fully saturated rings. The zero-order valence-corrected chi connectivity index (χ0v) is 14.0. The predicted octanol–water partition coefficient (Wildman–Crippen LogP) is 2.85. The molecule has 24 heavy (non-hydrogen) atoms. The van der Waals surface area contributed by atoms with Crippen molar-refractivity contribution in [3.05, 3.63) is 57.2 Å². The van der Waals surface area contributed by atoms with Crippen LogP contribution in [-0.2, 0) is 9.53 Å². The molecule has 1 aromatic heterocycles. The molecule has 2 aromatic rings. The van der Waals surface area contributed by atoms with Crippen molar-refractivity contribution in [3.8, 4) is 0 Å². The highest BCUT2D eigenvalue weighted by atomic mass is 35.5. The van der Waals surface area contributed by atoms with Gasteiger partial charge in [-0.3, -0.25) is 9.59 Å². The monoisotopic (exact) mass is 364 g/mol. The van der Waals surface area contributed by atoms with E-state index in [1.165, 1.54) is 0 Å². The van der Waals surface area contributed by atoms with Gasteiger partial charge in [0.05, 0.1) is 21.8 Å². The summed E-state index contributed by atoms with van der Waals surface area (Å²) < 4.78 is 5.23. The molecule has 124 valence electrons. The van der Waals surface area contributed by atoms with E-state index in [0.29, 0.717) is 9.21 Å². The summed E-state index contributed by atoms with van der Waals surface area (Å²) in [6.45, 7) is -0.263. The molecule has 1 aliphatic heterocycles. The number of rotatable bonds is 5. The third-order valence-corrected chi connectivity index (χ3v) is 4.74. The molecule has 0 radical (unpaired) electrons. The lowest BCUT2D eigenvalue weighted by Gasteiger charge is -2.22. The Morgan fingerprint density at radius 1 is 1.25 bits per heavy atom. The first-order valence-corrected chi connectivity index (χ1v) is 8.32. The second-order valence-corrected chi connectivity index (χ2v) is 6.81. The summed E-state index contributed by atoms with van der Waals surface area (Å²) in [6.07, 6.45) is -0.700. The van der Waals surface area contributed by atoms with Gasteiger partial charge in [-0.15, -0.1) is 11.3 Å². The number of halogens is 1. The number of carbonyl (C=O) groups is 3. The molecular weight excluding hydrogens is 352 g/mol. The SMILES string of the molecule is O=C(N[C@H](CN1C(=O)COC1=O)c1ccccc1)c1ccc(Cl)s1. The molecule has 1 saturated heterocycles. The van der Waals surface area contributed by atoms with Crippen LogP contribution in [0.5, 0.6) is 0 Å². The first-order chi connectivity index (χ1) is 11.5. The van der Waals surface area contributed by atoms with Crippen molar-refractivity contribution in [3.63, 3.8) is 0 Å². The van der Waals surface area contributed by atoms with Crippen LogP contribution in [0.2, 0.25) is 4.34 Å². The summed E-state index contributed by atoms with van der Waals surface area (Å²) >= 11 is 7.02. The van der Waals surface area contributed by atoms with E-state index in [1.54, 1.807) is 12.1 Å². The maximum absolute atomic E-state index is 12.4. The smallest absolute Gasteiger partial charge is 0.417 e. The predicted molar refractivity (Wildman–Crippen MR) is 89.0 cm³/mol. The number of thiophene rings is 1. The van der Waals surface area contributed by atoms with Gasteiger partial charge in [0.1, 0.15) is 0 Å².